The van der Waals surface area contributed by atoms with Crippen molar-refractivity contribution in [2.75, 3.05) is 13.7 Å². The second-order valence-electron chi connectivity index (χ2n) is 10.4. The van der Waals surface area contributed by atoms with Crippen molar-refractivity contribution in [3.63, 3.8) is 0 Å². The molecule has 7 atom stereocenters. The summed E-state index contributed by atoms with van der Waals surface area (Å²) >= 11 is 0. The van der Waals surface area contributed by atoms with Gasteiger partial charge >= 0.3 is 5.97 Å². The first-order valence-corrected chi connectivity index (χ1v) is 11.2. The molecular weight excluding hydrogens is 384 g/mol. The standard InChI is InChI=1S/C24H34O6/c1-14(25)30-13-20(27)24(28)21(29-4)12-19-17-6-5-15-11-16(26)7-9-22(15,2)18(17)8-10-23(19,24)3/h11,17-19,21,28H,5-10,12-13H2,1-4H3. The number of carbonyl (C=O) groups excluding carboxylic acids is 3. The molecule has 0 aliphatic heterocycles. The first kappa shape index (κ1) is 21.7. The van der Waals surface area contributed by atoms with Gasteiger partial charge < -0.3 is 14.6 Å². The van der Waals surface area contributed by atoms with Crippen LogP contribution in [0.5, 0.6) is 0 Å². The highest BCUT2D eigenvalue weighted by atomic mass is 16.5. The fraction of sp³-hybridized carbons (Fsp3) is 0.792. The van der Waals surface area contributed by atoms with Gasteiger partial charge in [0.05, 0.1) is 6.10 Å². The van der Waals surface area contributed by atoms with Gasteiger partial charge in [-0.1, -0.05) is 19.4 Å². The predicted molar refractivity (Wildman–Crippen MR) is 109 cm³/mol. The molecular formula is C24H34O6. The van der Waals surface area contributed by atoms with E-state index in [1.807, 2.05) is 13.0 Å². The highest BCUT2D eigenvalue weighted by Gasteiger charge is 2.70. The zero-order chi connectivity index (χ0) is 21.9. The normalized spacial score (nSPS) is 45.1. The molecule has 0 heterocycles. The maximum Gasteiger partial charge on any atom is 0.303 e. The minimum absolute atomic E-state index is 0.0309. The number of aliphatic hydroxyl groups is 1. The smallest absolute Gasteiger partial charge is 0.303 e. The Morgan fingerprint density at radius 3 is 2.57 bits per heavy atom. The Labute approximate surface area is 178 Å². The molecule has 0 saturated heterocycles. The first-order valence-electron chi connectivity index (χ1n) is 11.2. The van der Waals surface area contributed by atoms with Crippen LogP contribution in [0.15, 0.2) is 11.6 Å². The highest BCUT2D eigenvalue weighted by molar-refractivity contribution is 5.92. The number of esters is 1. The van der Waals surface area contributed by atoms with Gasteiger partial charge in [0.25, 0.3) is 0 Å². The molecule has 166 valence electrons. The van der Waals surface area contributed by atoms with E-state index in [4.69, 9.17) is 9.47 Å². The molecule has 0 aromatic carbocycles. The molecule has 0 radical (unpaired) electrons. The number of hydrogen-bond donors (Lipinski definition) is 1. The molecule has 0 aromatic heterocycles. The third-order valence-corrected chi connectivity index (χ3v) is 9.27. The van der Waals surface area contributed by atoms with Crippen molar-refractivity contribution in [2.45, 2.75) is 77.4 Å². The number of allylic oxidation sites excluding steroid dienone is 1. The van der Waals surface area contributed by atoms with Gasteiger partial charge in [0, 0.05) is 25.9 Å². The lowest BCUT2D eigenvalue weighted by atomic mass is 9.46. The number of Topliss-reactive ketones (excluding diaryl/α,β-unsaturated/α-hetero) is 1. The summed E-state index contributed by atoms with van der Waals surface area (Å²) in [6.45, 7) is 5.18. The SMILES string of the molecule is COC1CC2C3CCC4=CC(=O)CCC4(C)C3CCC2(C)C1(O)C(=O)COC(C)=O. The van der Waals surface area contributed by atoms with E-state index in [0.29, 0.717) is 24.7 Å². The van der Waals surface area contributed by atoms with Crippen LogP contribution in [-0.4, -0.2) is 48.1 Å². The van der Waals surface area contributed by atoms with Gasteiger partial charge in [0.15, 0.2) is 18.0 Å². The van der Waals surface area contributed by atoms with E-state index in [0.717, 1.165) is 32.1 Å². The summed E-state index contributed by atoms with van der Waals surface area (Å²) in [5.74, 6) is 0.241. The summed E-state index contributed by atoms with van der Waals surface area (Å²) in [6, 6.07) is 0. The quantitative estimate of drug-likeness (QED) is 0.706. The second kappa shape index (κ2) is 7.27. The number of hydrogen-bond acceptors (Lipinski definition) is 6. The molecule has 30 heavy (non-hydrogen) atoms. The maximum absolute atomic E-state index is 13.1. The molecule has 6 nitrogen and oxygen atoms in total. The van der Waals surface area contributed by atoms with Crippen molar-refractivity contribution in [1.29, 1.82) is 0 Å². The molecule has 4 aliphatic rings. The number of carbonyl (C=O) groups is 3. The summed E-state index contributed by atoms with van der Waals surface area (Å²) in [4.78, 5) is 36.4. The zero-order valence-corrected chi connectivity index (χ0v) is 18.5. The van der Waals surface area contributed by atoms with Crippen LogP contribution >= 0.6 is 0 Å². The van der Waals surface area contributed by atoms with Crippen molar-refractivity contribution < 1.29 is 29.0 Å². The van der Waals surface area contributed by atoms with E-state index < -0.39 is 35.5 Å². The number of methoxy groups -OCH3 is 1. The number of ether oxygens (including phenoxy) is 2. The Bertz CT molecular complexity index is 802. The van der Waals surface area contributed by atoms with Gasteiger partial charge in [-0.15, -0.1) is 0 Å². The van der Waals surface area contributed by atoms with Crippen molar-refractivity contribution in [1.82, 2.24) is 0 Å². The minimum Gasteiger partial charge on any atom is -0.458 e. The number of rotatable bonds is 4. The largest absolute Gasteiger partial charge is 0.458 e. The number of ketones is 2. The van der Waals surface area contributed by atoms with Crippen LogP contribution in [0.2, 0.25) is 0 Å². The molecule has 3 saturated carbocycles. The molecule has 1 N–H and O–H groups in total. The minimum atomic E-state index is -1.66. The van der Waals surface area contributed by atoms with Gasteiger partial charge in [-0.05, 0) is 67.8 Å². The van der Waals surface area contributed by atoms with Crippen LogP contribution in [0.1, 0.15) is 65.7 Å². The van der Waals surface area contributed by atoms with Crippen LogP contribution < -0.4 is 0 Å². The fourth-order valence-corrected chi connectivity index (χ4v) is 7.60. The molecule has 7 unspecified atom stereocenters. The van der Waals surface area contributed by atoms with Crippen LogP contribution in [-0.2, 0) is 23.9 Å². The summed E-state index contributed by atoms with van der Waals surface area (Å²) in [7, 11) is 1.54. The summed E-state index contributed by atoms with van der Waals surface area (Å²) in [5, 5.41) is 11.8. The van der Waals surface area contributed by atoms with E-state index in [1.54, 1.807) is 7.11 Å². The molecule has 0 amide bonds. The molecule has 3 fully saturated rings. The van der Waals surface area contributed by atoms with Gasteiger partial charge in [-0.3, -0.25) is 14.4 Å². The lowest BCUT2D eigenvalue weighted by Crippen LogP contribution is -2.61. The maximum atomic E-state index is 13.1. The van der Waals surface area contributed by atoms with Crippen molar-refractivity contribution in [3.8, 4) is 0 Å². The third-order valence-electron chi connectivity index (χ3n) is 9.27. The molecule has 0 spiro atoms. The van der Waals surface area contributed by atoms with Crippen LogP contribution in [0.25, 0.3) is 0 Å². The Morgan fingerprint density at radius 2 is 1.90 bits per heavy atom. The van der Waals surface area contributed by atoms with Gasteiger partial charge in [0.1, 0.15) is 0 Å². The third kappa shape index (κ3) is 2.86. The van der Waals surface area contributed by atoms with E-state index in [-0.39, 0.29) is 17.1 Å². The predicted octanol–water partition coefficient (Wildman–Crippen LogP) is 3.01. The Balaban J connectivity index is 1.67. The lowest BCUT2D eigenvalue weighted by molar-refractivity contribution is -0.184. The molecule has 4 aliphatic carbocycles. The molecule has 6 heteroatoms. The van der Waals surface area contributed by atoms with Crippen LogP contribution in [0.4, 0.5) is 0 Å². The van der Waals surface area contributed by atoms with Gasteiger partial charge in [-0.25, -0.2) is 0 Å². The topological polar surface area (TPSA) is 89.9 Å². The van der Waals surface area contributed by atoms with Crippen LogP contribution in [0, 0.1) is 28.6 Å². The van der Waals surface area contributed by atoms with Crippen molar-refractivity contribution >= 4 is 17.5 Å². The number of fused-ring (bicyclic) bond motifs is 5. The van der Waals surface area contributed by atoms with E-state index in [2.05, 4.69) is 6.92 Å². The summed E-state index contributed by atoms with van der Waals surface area (Å²) < 4.78 is 10.6. The van der Waals surface area contributed by atoms with Gasteiger partial charge in [0.2, 0.25) is 5.78 Å². The molecule has 0 bridgehead atoms. The van der Waals surface area contributed by atoms with E-state index >= 15 is 0 Å². The van der Waals surface area contributed by atoms with Gasteiger partial charge in [-0.2, -0.15) is 0 Å². The Morgan fingerprint density at radius 1 is 1.17 bits per heavy atom. The van der Waals surface area contributed by atoms with E-state index in [1.165, 1.54) is 12.5 Å². The van der Waals surface area contributed by atoms with E-state index in [9.17, 15) is 19.5 Å². The van der Waals surface area contributed by atoms with Crippen molar-refractivity contribution in [3.05, 3.63) is 11.6 Å². The molecule has 0 aromatic rings. The highest BCUT2D eigenvalue weighted by Crippen LogP contribution is 2.67. The average molecular weight is 419 g/mol. The average Bonchev–Trinajstić information content (AvgIpc) is 2.94. The summed E-state index contributed by atoms with van der Waals surface area (Å²) in [6.07, 6.45) is 6.94. The first-order chi connectivity index (χ1) is 14.1. The van der Waals surface area contributed by atoms with Crippen LogP contribution in [0.3, 0.4) is 0 Å². The second-order valence-corrected chi connectivity index (χ2v) is 10.4. The molecule has 4 rings (SSSR count). The Hall–Kier alpha value is -1.53. The fourth-order valence-electron chi connectivity index (χ4n) is 7.60. The lowest BCUT2D eigenvalue weighted by Gasteiger charge is -2.58. The monoisotopic (exact) mass is 418 g/mol. The van der Waals surface area contributed by atoms with Crippen molar-refractivity contribution in [2.24, 2.45) is 28.6 Å². The zero-order valence-electron chi connectivity index (χ0n) is 18.5. The Kier molecular flexibility index (Phi) is 5.25. The summed E-state index contributed by atoms with van der Waals surface area (Å²) in [5.41, 5.74) is -0.949.